The van der Waals surface area contributed by atoms with Crippen molar-refractivity contribution in [3.63, 3.8) is 0 Å². The normalized spacial score (nSPS) is 17.6. The van der Waals surface area contributed by atoms with Crippen LogP contribution in [0.1, 0.15) is 37.0 Å². The first-order valence-electron chi connectivity index (χ1n) is 7.90. The highest BCUT2D eigenvalue weighted by atomic mass is 35.5. The highest BCUT2D eigenvalue weighted by Crippen LogP contribution is 2.25. The number of rotatable bonds is 5. The van der Waals surface area contributed by atoms with Crippen LogP contribution in [-0.4, -0.2) is 41.5 Å². The molecule has 0 spiro atoms. The summed E-state index contributed by atoms with van der Waals surface area (Å²) < 4.78 is 0. The largest absolute Gasteiger partial charge is 0.396 e. The third-order valence-electron chi connectivity index (χ3n) is 3.91. The highest BCUT2D eigenvalue weighted by molar-refractivity contribution is 6.34. The van der Waals surface area contributed by atoms with Gasteiger partial charge in [-0.2, -0.15) is 0 Å². The van der Waals surface area contributed by atoms with Crippen LogP contribution in [0.3, 0.4) is 0 Å². The number of nitrogens with zero attached hydrogens (tertiary/aromatic N) is 1. The lowest BCUT2D eigenvalue weighted by molar-refractivity contribution is -0.116. The number of carbonyl (C=O) groups excluding carboxylic acids is 2. The second kappa shape index (κ2) is 7.79. The topological polar surface area (TPSA) is 69.6 Å². The third kappa shape index (κ3) is 4.69. The van der Waals surface area contributed by atoms with E-state index in [1.54, 1.807) is 23.1 Å². The van der Waals surface area contributed by atoms with Crippen molar-refractivity contribution < 1.29 is 14.7 Å². The number of nitrogens with one attached hydrogen (secondary N) is 1. The van der Waals surface area contributed by atoms with Gasteiger partial charge < -0.3 is 15.3 Å². The molecule has 1 aromatic rings. The lowest BCUT2D eigenvalue weighted by atomic mass is 10.1. The minimum Gasteiger partial charge on any atom is -0.396 e. The number of hydrogen-bond donors (Lipinski definition) is 2. The summed E-state index contributed by atoms with van der Waals surface area (Å²) in [5, 5.41) is 12.4. The molecule has 0 radical (unpaired) electrons. The number of carbonyl (C=O) groups is 2. The maximum Gasteiger partial charge on any atom is 0.255 e. The van der Waals surface area contributed by atoms with Crippen molar-refractivity contribution in [2.75, 3.05) is 25.0 Å². The van der Waals surface area contributed by atoms with Gasteiger partial charge in [-0.3, -0.25) is 9.59 Å². The molecule has 1 fully saturated rings. The molecule has 2 rings (SSSR count). The van der Waals surface area contributed by atoms with Crippen molar-refractivity contribution in [3.8, 4) is 0 Å². The maximum absolute atomic E-state index is 12.6. The second-order valence-electron chi connectivity index (χ2n) is 6.43. The average Bonchev–Trinajstić information content (AvgIpc) is 2.96. The van der Waals surface area contributed by atoms with Crippen LogP contribution < -0.4 is 5.32 Å². The van der Waals surface area contributed by atoms with Crippen LogP contribution in [0.5, 0.6) is 0 Å². The summed E-state index contributed by atoms with van der Waals surface area (Å²) in [7, 11) is 0. The zero-order chi connectivity index (χ0) is 17.0. The summed E-state index contributed by atoms with van der Waals surface area (Å²) in [4.78, 5) is 26.1. The monoisotopic (exact) mass is 338 g/mol. The Labute approximate surface area is 141 Å². The van der Waals surface area contributed by atoms with Crippen LogP contribution in [0.25, 0.3) is 0 Å². The number of halogens is 1. The number of amides is 2. The summed E-state index contributed by atoms with van der Waals surface area (Å²) in [6.45, 7) is 5.19. The van der Waals surface area contributed by atoms with Gasteiger partial charge in [0.15, 0.2) is 0 Å². The zero-order valence-corrected chi connectivity index (χ0v) is 14.3. The molecule has 0 saturated carbocycles. The fraction of sp³-hybridized carbons (Fsp3) is 0.529. The number of aliphatic hydroxyl groups is 1. The van der Waals surface area contributed by atoms with Crippen LogP contribution in [0.4, 0.5) is 5.69 Å². The molecule has 1 unspecified atom stereocenters. The first-order chi connectivity index (χ1) is 10.9. The van der Waals surface area contributed by atoms with Gasteiger partial charge >= 0.3 is 0 Å². The molecule has 23 heavy (non-hydrogen) atoms. The summed E-state index contributed by atoms with van der Waals surface area (Å²) in [5.41, 5.74) is 0.953. The maximum atomic E-state index is 12.6. The van der Waals surface area contributed by atoms with Gasteiger partial charge in [-0.05, 0) is 30.5 Å². The molecule has 2 amide bonds. The predicted octanol–water partition coefficient (Wildman–Crippen LogP) is 2.78. The number of benzene rings is 1. The van der Waals surface area contributed by atoms with E-state index in [1.165, 1.54) is 0 Å². The fourth-order valence-corrected chi connectivity index (χ4v) is 2.88. The van der Waals surface area contributed by atoms with Crippen LogP contribution in [0.2, 0.25) is 5.02 Å². The second-order valence-corrected chi connectivity index (χ2v) is 6.84. The molecule has 1 heterocycles. The van der Waals surface area contributed by atoms with Crippen molar-refractivity contribution in [3.05, 3.63) is 28.8 Å². The summed E-state index contributed by atoms with van der Waals surface area (Å²) in [6, 6.07) is 4.94. The number of likely N-dealkylation sites (tertiary alicyclic amines) is 1. The Morgan fingerprint density at radius 2 is 2.17 bits per heavy atom. The minimum atomic E-state index is -0.161. The van der Waals surface area contributed by atoms with Gasteiger partial charge in [0.2, 0.25) is 5.91 Å². The number of anilines is 1. The summed E-state index contributed by atoms with van der Waals surface area (Å²) in [6.07, 6.45) is 1.22. The van der Waals surface area contributed by atoms with Crippen molar-refractivity contribution in [2.45, 2.75) is 26.7 Å². The van der Waals surface area contributed by atoms with Gasteiger partial charge in [0, 0.05) is 37.7 Å². The van der Waals surface area contributed by atoms with Gasteiger partial charge in [-0.1, -0.05) is 25.4 Å². The number of hydrogen-bond acceptors (Lipinski definition) is 3. The van der Waals surface area contributed by atoms with E-state index in [-0.39, 0.29) is 30.3 Å². The SMILES string of the molecule is CC(C)CC(=O)Nc1ccc(Cl)c(C(=O)N2CCC(CO)C2)c1. The van der Waals surface area contributed by atoms with Gasteiger partial charge in [0.25, 0.3) is 5.91 Å². The molecular formula is C17H23ClN2O3. The number of aliphatic hydroxyl groups excluding tert-OH is 1. The van der Waals surface area contributed by atoms with Crippen molar-refractivity contribution in [2.24, 2.45) is 11.8 Å². The first-order valence-corrected chi connectivity index (χ1v) is 8.28. The van der Waals surface area contributed by atoms with Gasteiger partial charge in [0.1, 0.15) is 0 Å². The molecule has 1 aliphatic rings. The Kier molecular flexibility index (Phi) is 6.02. The van der Waals surface area contributed by atoms with E-state index in [0.29, 0.717) is 35.8 Å². The fourth-order valence-electron chi connectivity index (χ4n) is 2.69. The molecule has 1 aliphatic heterocycles. The van der Waals surface area contributed by atoms with E-state index in [4.69, 9.17) is 11.6 Å². The van der Waals surface area contributed by atoms with Crippen molar-refractivity contribution in [1.29, 1.82) is 0 Å². The molecule has 1 atom stereocenters. The smallest absolute Gasteiger partial charge is 0.255 e. The zero-order valence-electron chi connectivity index (χ0n) is 13.5. The Morgan fingerprint density at radius 3 is 2.78 bits per heavy atom. The van der Waals surface area contributed by atoms with Crippen molar-refractivity contribution >= 4 is 29.1 Å². The van der Waals surface area contributed by atoms with E-state index in [9.17, 15) is 14.7 Å². The van der Waals surface area contributed by atoms with E-state index in [0.717, 1.165) is 6.42 Å². The van der Waals surface area contributed by atoms with E-state index < -0.39 is 0 Å². The standard InChI is InChI=1S/C17H23ClN2O3/c1-11(2)7-16(22)19-13-3-4-15(18)14(8-13)17(23)20-6-5-12(9-20)10-21/h3-4,8,11-12,21H,5-7,9-10H2,1-2H3,(H,19,22). The summed E-state index contributed by atoms with van der Waals surface area (Å²) >= 11 is 6.15. The van der Waals surface area contributed by atoms with E-state index in [1.807, 2.05) is 13.8 Å². The van der Waals surface area contributed by atoms with Gasteiger partial charge in [-0.15, -0.1) is 0 Å². The molecule has 5 nitrogen and oxygen atoms in total. The van der Waals surface area contributed by atoms with E-state index in [2.05, 4.69) is 5.32 Å². The van der Waals surface area contributed by atoms with Gasteiger partial charge in [-0.25, -0.2) is 0 Å². The van der Waals surface area contributed by atoms with Crippen molar-refractivity contribution in [1.82, 2.24) is 4.90 Å². The molecule has 0 bridgehead atoms. The predicted molar refractivity (Wildman–Crippen MR) is 90.6 cm³/mol. The highest BCUT2D eigenvalue weighted by Gasteiger charge is 2.27. The molecule has 6 heteroatoms. The van der Waals surface area contributed by atoms with Crippen LogP contribution >= 0.6 is 11.6 Å². The quantitative estimate of drug-likeness (QED) is 0.867. The third-order valence-corrected chi connectivity index (χ3v) is 4.24. The Balaban J connectivity index is 2.11. The van der Waals surface area contributed by atoms with Gasteiger partial charge in [0.05, 0.1) is 10.6 Å². The summed E-state index contributed by atoms with van der Waals surface area (Å²) in [5.74, 6) is 0.156. The Morgan fingerprint density at radius 1 is 1.43 bits per heavy atom. The van der Waals surface area contributed by atoms with Crippen LogP contribution in [-0.2, 0) is 4.79 Å². The molecule has 0 aliphatic carbocycles. The van der Waals surface area contributed by atoms with Crippen LogP contribution in [0, 0.1) is 11.8 Å². The molecule has 0 aromatic heterocycles. The Hall–Kier alpha value is -1.59. The van der Waals surface area contributed by atoms with E-state index >= 15 is 0 Å². The molecule has 1 saturated heterocycles. The minimum absolute atomic E-state index is 0.0813. The Bertz CT molecular complexity index is 589. The molecule has 2 N–H and O–H groups in total. The molecular weight excluding hydrogens is 316 g/mol. The lowest BCUT2D eigenvalue weighted by Crippen LogP contribution is -2.29. The first kappa shape index (κ1) is 17.8. The van der Waals surface area contributed by atoms with Crippen LogP contribution in [0.15, 0.2) is 18.2 Å². The molecule has 1 aromatic carbocycles. The average molecular weight is 339 g/mol. The molecule has 126 valence electrons. The lowest BCUT2D eigenvalue weighted by Gasteiger charge is -2.18.